The van der Waals surface area contributed by atoms with Crippen LogP contribution < -0.4 is 14.8 Å². The average molecular weight is 218 g/mol. The number of hydrogen-bond acceptors (Lipinski definition) is 4. The molecule has 0 spiro atoms. The van der Waals surface area contributed by atoms with Crippen molar-refractivity contribution in [1.82, 2.24) is 5.32 Å². The topological polar surface area (TPSA) is 42.9 Å². The summed E-state index contributed by atoms with van der Waals surface area (Å²) in [6.07, 6.45) is 0.954. The summed E-state index contributed by atoms with van der Waals surface area (Å²) in [5, 5.41) is 3.26. The highest BCUT2D eigenvalue weighted by molar-refractivity contribution is 5.89. The molecule has 84 valence electrons. The van der Waals surface area contributed by atoms with Crippen LogP contribution in [0.3, 0.4) is 0 Å². The highest BCUT2D eigenvalue weighted by Crippen LogP contribution is 2.32. The fourth-order valence-electron chi connectivity index (χ4n) is 2.12. The normalized spacial score (nSPS) is 22.1. The molecule has 1 atom stereocenters. The lowest BCUT2D eigenvalue weighted by Gasteiger charge is -2.10. The van der Waals surface area contributed by atoms with Gasteiger partial charge < -0.3 is 14.8 Å². The molecular weight excluding hydrogens is 204 g/mol. The van der Waals surface area contributed by atoms with Gasteiger partial charge in [0.15, 0.2) is 6.10 Å². The van der Waals surface area contributed by atoms with E-state index in [-0.39, 0.29) is 6.10 Å². The monoisotopic (exact) mass is 218 g/mol. The molecule has 1 aromatic rings. The molecule has 1 unspecified atom stereocenters. The first kappa shape index (κ1) is 9.51. The van der Waals surface area contributed by atoms with Crippen LogP contribution in [0.2, 0.25) is 0 Å². The maximum atomic E-state index is 5.86. The molecule has 1 aromatic carbocycles. The minimum atomic E-state index is 0.0598. The van der Waals surface area contributed by atoms with Gasteiger partial charge in [0.05, 0.1) is 13.7 Å². The van der Waals surface area contributed by atoms with Crippen LogP contribution in [-0.4, -0.2) is 32.1 Å². The molecule has 4 nitrogen and oxygen atoms in total. The molecule has 2 heterocycles. The molecule has 1 N–H and O–H groups in total. The SMILES string of the molecule is COc1ccc2c(c1)OC(C1=NCCN1)C2. The molecule has 0 bridgehead atoms. The van der Waals surface area contributed by atoms with Crippen molar-refractivity contribution < 1.29 is 9.47 Å². The van der Waals surface area contributed by atoms with Crippen molar-refractivity contribution in [1.29, 1.82) is 0 Å². The highest BCUT2D eigenvalue weighted by atomic mass is 16.5. The molecule has 0 fully saturated rings. The fraction of sp³-hybridized carbons (Fsp3) is 0.417. The molecule has 3 rings (SSSR count). The number of fused-ring (bicyclic) bond motifs is 1. The summed E-state index contributed by atoms with van der Waals surface area (Å²) >= 11 is 0. The fourth-order valence-corrected chi connectivity index (χ4v) is 2.12. The van der Waals surface area contributed by atoms with E-state index in [0.717, 1.165) is 36.8 Å². The molecule has 0 amide bonds. The van der Waals surface area contributed by atoms with Crippen molar-refractivity contribution in [2.45, 2.75) is 12.5 Å². The van der Waals surface area contributed by atoms with Crippen LogP contribution in [-0.2, 0) is 6.42 Å². The van der Waals surface area contributed by atoms with Crippen LogP contribution in [0.5, 0.6) is 11.5 Å². The number of hydrogen-bond donors (Lipinski definition) is 1. The lowest BCUT2D eigenvalue weighted by molar-refractivity contribution is 0.296. The number of aliphatic imine (C=N–C) groups is 1. The number of amidine groups is 1. The number of ether oxygens (including phenoxy) is 2. The number of benzene rings is 1. The van der Waals surface area contributed by atoms with Gasteiger partial charge in [0, 0.05) is 19.0 Å². The van der Waals surface area contributed by atoms with Gasteiger partial charge >= 0.3 is 0 Å². The molecule has 0 aliphatic carbocycles. The molecule has 2 aliphatic heterocycles. The largest absolute Gasteiger partial charge is 0.497 e. The average Bonchev–Trinajstić information content (AvgIpc) is 2.96. The molecule has 0 saturated heterocycles. The van der Waals surface area contributed by atoms with E-state index in [4.69, 9.17) is 9.47 Å². The number of nitrogens with zero attached hydrogens (tertiary/aromatic N) is 1. The van der Waals surface area contributed by atoms with Gasteiger partial charge in [0.2, 0.25) is 0 Å². The number of methoxy groups -OCH3 is 1. The Labute approximate surface area is 94.3 Å². The van der Waals surface area contributed by atoms with E-state index in [1.165, 1.54) is 5.56 Å². The van der Waals surface area contributed by atoms with E-state index in [2.05, 4.69) is 16.4 Å². The highest BCUT2D eigenvalue weighted by Gasteiger charge is 2.28. The first-order chi connectivity index (χ1) is 7.86. The Morgan fingerprint density at radius 1 is 1.50 bits per heavy atom. The van der Waals surface area contributed by atoms with E-state index in [0.29, 0.717) is 0 Å². The molecule has 16 heavy (non-hydrogen) atoms. The van der Waals surface area contributed by atoms with Gasteiger partial charge in [-0.1, -0.05) is 6.07 Å². The van der Waals surface area contributed by atoms with Gasteiger partial charge in [-0.2, -0.15) is 0 Å². The molecule has 0 aromatic heterocycles. The van der Waals surface area contributed by atoms with Crippen molar-refractivity contribution in [2.75, 3.05) is 20.2 Å². The molecule has 4 heteroatoms. The van der Waals surface area contributed by atoms with Crippen molar-refractivity contribution in [2.24, 2.45) is 4.99 Å². The predicted molar refractivity (Wildman–Crippen MR) is 61.4 cm³/mol. The van der Waals surface area contributed by atoms with Gasteiger partial charge in [-0.05, 0) is 11.6 Å². The Kier molecular flexibility index (Phi) is 2.20. The molecular formula is C12H14N2O2. The Morgan fingerprint density at radius 3 is 3.19 bits per heavy atom. The van der Waals surface area contributed by atoms with Gasteiger partial charge in [0.1, 0.15) is 17.3 Å². The third-order valence-corrected chi connectivity index (χ3v) is 2.95. The van der Waals surface area contributed by atoms with Crippen molar-refractivity contribution in [3.8, 4) is 11.5 Å². The van der Waals surface area contributed by atoms with Crippen LogP contribution in [0.1, 0.15) is 5.56 Å². The van der Waals surface area contributed by atoms with Gasteiger partial charge in [0.25, 0.3) is 0 Å². The maximum Gasteiger partial charge on any atom is 0.159 e. The lowest BCUT2D eigenvalue weighted by atomic mass is 10.1. The van der Waals surface area contributed by atoms with Crippen molar-refractivity contribution in [3.05, 3.63) is 23.8 Å². The lowest BCUT2D eigenvalue weighted by Crippen LogP contribution is -2.34. The van der Waals surface area contributed by atoms with E-state index in [1.54, 1.807) is 7.11 Å². The zero-order valence-corrected chi connectivity index (χ0v) is 9.19. The predicted octanol–water partition coefficient (Wildman–Crippen LogP) is 1.00. The molecule has 2 aliphatic rings. The first-order valence-electron chi connectivity index (χ1n) is 5.48. The Morgan fingerprint density at radius 2 is 2.44 bits per heavy atom. The van der Waals surface area contributed by atoms with Gasteiger partial charge in [-0.15, -0.1) is 0 Å². The number of nitrogens with one attached hydrogen (secondary N) is 1. The van der Waals surface area contributed by atoms with Gasteiger partial charge in [-0.3, -0.25) is 4.99 Å². The number of rotatable bonds is 2. The summed E-state index contributed by atoms with van der Waals surface area (Å²) in [5.74, 6) is 2.73. The second kappa shape index (κ2) is 3.70. The second-order valence-corrected chi connectivity index (χ2v) is 3.98. The van der Waals surface area contributed by atoms with Gasteiger partial charge in [-0.25, -0.2) is 0 Å². The zero-order valence-electron chi connectivity index (χ0n) is 9.19. The quantitative estimate of drug-likeness (QED) is 0.805. The Balaban J connectivity index is 1.83. The Hall–Kier alpha value is -1.71. The van der Waals surface area contributed by atoms with Crippen LogP contribution in [0.15, 0.2) is 23.2 Å². The van der Waals surface area contributed by atoms with E-state index >= 15 is 0 Å². The summed E-state index contributed by atoms with van der Waals surface area (Å²) in [4.78, 5) is 4.39. The van der Waals surface area contributed by atoms with E-state index < -0.39 is 0 Å². The minimum Gasteiger partial charge on any atom is -0.497 e. The van der Waals surface area contributed by atoms with Crippen molar-refractivity contribution in [3.63, 3.8) is 0 Å². The zero-order chi connectivity index (χ0) is 11.0. The van der Waals surface area contributed by atoms with Crippen LogP contribution in [0.4, 0.5) is 0 Å². The minimum absolute atomic E-state index is 0.0598. The summed E-state index contributed by atoms with van der Waals surface area (Å²) in [6, 6.07) is 5.96. The van der Waals surface area contributed by atoms with Crippen molar-refractivity contribution >= 4 is 5.84 Å². The van der Waals surface area contributed by atoms with Crippen LogP contribution >= 0.6 is 0 Å². The van der Waals surface area contributed by atoms with E-state index in [9.17, 15) is 0 Å². The van der Waals surface area contributed by atoms with Crippen LogP contribution in [0.25, 0.3) is 0 Å². The van der Waals surface area contributed by atoms with E-state index in [1.807, 2.05) is 12.1 Å². The molecule has 0 saturated carbocycles. The summed E-state index contributed by atoms with van der Waals surface area (Å²) in [7, 11) is 1.66. The first-order valence-corrected chi connectivity index (χ1v) is 5.48. The third kappa shape index (κ3) is 1.50. The molecule has 0 radical (unpaired) electrons. The summed E-state index contributed by atoms with van der Waals surface area (Å²) in [5.41, 5.74) is 1.22. The standard InChI is InChI=1S/C12H14N2O2/c1-15-9-3-2-8-6-11(16-10(8)7-9)12-13-4-5-14-12/h2-3,7,11H,4-6H2,1H3,(H,13,14). The smallest absolute Gasteiger partial charge is 0.159 e. The summed E-state index contributed by atoms with van der Waals surface area (Å²) < 4.78 is 11.0. The third-order valence-electron chi connectivity index (χ3n) is 2.95. The second-order valence-electron chi connectivity index (χ2n) is 3.98. The maximum absolute atomic E-state index is 5.86. The van der Waals surface area contributed by atoms with Crippen LogP contribution in [0, 0.1) is 0 Å². The Bertz CT molecular complexity index is 443. The summed E-state index contributed by atoms with van der Waals surface area (Å²) in [6.45, 7) is 1.78.